The van der Waals surface area contributed by atoms with Crippen molar-refractivity contribution in [2.75, 3.05) is 0 Å². The van der Waals surface area contributed by atoms with Gasteiger partial charge in [0.2, 0.25) is 0 Å². The molecule has 6 heteroatoms. The predicted octanol–water partition coefficient (Wildman–Crippen LogP) is -1.29. The molecular weight excluding hydrogens is 302 g/mol. The fourth-order valence-corrected chi connectivity index (χ4v) is 2.27. The van der Waals surface area contributed by atoms with Crippen LogP contribution in [-0.4, -0.2) is 22.2 Å². The molecule has 4 nitrogen and oxygen atoms in total. The van der Waals surface area contributed by atoms with Gasteiger partial charge in [-0.05, 0) is 13.3 Å². The van der Waals surface area contributed by atoms with Crippen LogP contribution in [0.4, 0.5) is 0 Å². The fourth-order valence-electron chi connectivity index (χ4n) is 2.27. The minimum atomic E-state index is -1.62. The van der Waals surface area contributed by atoms with Gasteiger partial charge in [0.05, 0.1) is 0 Å². The summed E-state index contributed by atoms with van der Waals surface area (Å²) < 4.78 is 0. The second kappa shape index (κ2) is 17.0. The number of hydrogen-bond acceptors (Lipinski definition) is 2. The molecule has 0 aromatic heterocycles. The molecule has 0 amide bonds. The number of carbonyl (C=O) groups is 2. The molecule has 22 heavy (non-hydrogen) atoms. The molecular formula is C16H32KLiO4. The minimum absolute atomic E-state index is 0. The molecule has 0 rings (SSSR count). The molecule has 0 radical (unpaired) electrons. The van der Waals surface area contributed by atoms with Crippen molar-refractivity contribution in [3.05, 3.63) is 0 Å². The van der Waals surface area contributed by atoms with Gasteiger partial charge in [-0.2, -0.15) is 0 Å². The monoisotopic (exact) mass is 334 g/mol. The molecule has 0 aromatic carbocycles. The summed E-state index contributed by atoms with van der Waals surface area (Å²) in [6, 6.07) is 0. The molecule has 0 aliphatic rings. The van der Waals surface area contributed by atoms with Crippen molar-refractivity contribution >= 4 is 11.9 Å². The summed E-state index contributed by atoms with van der Waals surface area (Å²) in [5.41, 5.74) is -1.62. The van der Waals surface area contributed by atoms with Gasteiger partial charge in [0.25, 0.3) is 0 Å². The maximum absolute atomic E-state index is 11.0. The molecule has 122 valence electrons. The summed E-state index contributed by atoms with van der Waals surface area (Å²) in [6.45, 7) is 3.51. The Kier molecular flexibility index (Phi) is 21.6. The first kappa shape index (κ1) is 28.0. The van der Waals surface area contributed by atoms with Crippen LogP contribution in [0, 0.1) is 5.41 Å². The first-order valence-corrected chi connectivity index (χ1v) is 7.92. The average Bonchev–Trinajstić information content (AvgIpc) is 2.40. The average molecular weight is 334 g/mol. The summed E-state index contributed by atoms with van der Waals surface area (Å²) >= 11 is 0. The normalized spacial score (nSPS) is 10.5. The van der Waals surface area contributed by atoms with Crippen LogP contribution in [0.1, 0.15) is 87.3 Å². The van der Waals surface area contributed by atoms with Gasteiger partial charge in [-0.3, -0.25) is 9.59 Å². The van der Waals surface area contributed by atoms with E-state index in [2.05, 4.69) is 6.92 Å². The maximum atomic E-state index is 11.0. The number of rotatable bonds is 13. The molecule has 0 aliphatic carbocycles. The zero-order valence-corrected chi connectivity index (χ0v) is 18.1. The van der Waals surface area contributed by atoms with Crippen molar-refractivity contribution in [3.8, 4) is 0 Å². The van der Waals surface area contributed by atoms with Gasteiger partial charge in [0.1, 0.15) is 0 Å². The number of carboxylic acid groups (broad SMARTS) is 2. The standard InChI is InChI=1S/C16H30O4.K.Li.2H/c1-3-4-5-6-7-8-9-10-11-12-13-16(2,14(17)18)15(19)20;;;;/h3-13H2,1-2H3,(H,17,18)(H,19,20);;;;/q;2*+1;2*-1. The Bertz CT molecular complexity index is 294. The van der Waals surface area contributed by atoms with E-state index in [4.69, 9.17) is 10.2 Å². The summed E-state index contributed by atoms with van der Waals surface area (Å²) in [5.74, 6) is -2.47. The Balaban J connectivity index is -0.000000301. The Morgan fingerprint density at radius 1 is 0.818 bits per heavy atom. The van der Waals surface area contributed by atoms with Crippen LogP contribution in [0.3, 0.4) is 0 Å². The van der Waals surface area contributed by atoms with Gasteiger partial charge in [0.15, 0.2) is 5.41 Å². The summed E-state index contributed by atoms with van der Waals surface area (Å²) in [5, 5.41) is 17.9. The van der Waals surface area contributed by atoms with Crippen LogP contribution < -0.4 is 70.2 Å². The van der Waals surface area contributed by atoms with Gasteiger partial charge in [-0.1, -0.05) is 71.1 Å². The molecule has 0 atom stereocenters. The third-order valence-electron chi connectivity index (χ3n) is 3.97. The van der Waals surface area contributed by atoms with E-state index in [0.717, 1.165) is 12.8 Å². The SMILES string of the molecule is CCCCCCCCCCCCC(C)(C(=O)O)C(=O)O.[H-].[H-].[K+].[Li+]. The quantitative estimate of drug-likeness (QED) is 0.250. The molecule has 0 saturated heterocycles. The third-order valence-corrected chi connectivity index (χ3v) is 3.97. The zero-order valence-electron chi connectivity index (χ0n) is 17.0. The second-order valence-electron chi connectivity index (χ2n) is 5.87. The first-order chi connectivity index (χ1) is 9.45. The van der Waals surface area contributed by atoms with Gasteiger partial charge in [-0.15, -0.1) is 0 Å². The van der Waals surface area contributed by atoms with E-state index in [0.29, 0.717) is 6.42 Å². The molecule has 0 fully saturated rings. The number of hydrogen-bond donors (Lipinski definition) is 2. The van der Waals surface area contributed by atoms with Crippen molar-refractivity contribution in [1.29, 1.82) is 0 Å². The van der Waals surface area contributed by atoms with Crippen LogP contribution in [-0.2, 0) is 9.59 Å². The van der Waals surface area contributed by atoms with Crippen molar-refractivity contribution in [1.82, 2.24) is 0 Å². The van der Waals surface area contributed by atoms with Crippen LogP contribution in [0.5, 0.6) is 0 Å². The van der Waals surface area contributed by atoms with E-state index in [-0.39, 0.29) is 79.5 Å². The molecule has 2 N–H and O–H groups in total. The molecule has 0 aromatic rings. The van der Waals surface area contributed by atoms with Crippen LogP contribution in [0.2, 0.25) is 0 Å². The van der Waals surface area contributed by atoms with Crippen molar-refractivity contribution in [2.24, 2.45) is 5.41 Å². The Morgan fingerprint density at radius 3 is 1.45 bits per heavy atom. The predicted molar refractivity (Wildman–Crippen MR) is 82.1 cm³/mol. The van der Waals surface area contributed by atoms with Gasteiger partial charge in [-0.25, -0.2) is 0 Å². The third kappa shape index (κ3) is 12.6. The Labute approximate surface area is 192 Å². The van der Waals surface area contributed by atoms with Crippen molar-refractivity contribution < 1.29 is 92.9 Å². The van der Waals surface area contributed by atoms with Crippen molar-refractivity contribution in [3.63, 3.8) is 0 Å². The second-order valence-corrected chi connectivity index (χ2v) is 5.87. The molecule has 0 unspecified atom stereocenters. The van der Waals surface area contributed by atoms with Crippen LogP contribution >= 0.6 is 0 Å². The topological polar surface area (TPSA) is 74.6 Å². The molecule has 0 aliphatic heterocycles. The molecule has 0 spiro atoms. The van der Waals surface area contributed by atoms with Crippen LogP contribution in [0.25, 0.3) is 0 Å². The van der Waals surface area contributed by atoms with Gasteiger partial charge < -0.3 is 13.1 Å². The van der Waals surface area contributed by atoms with E-state index in [1.54, 1.807) is 0 Å². The Hall–Kier alpha value is 1.17. The van der Waals surface area contributed by atoms with Crippen molar-refractivity contribution in [2.45, 2.75) is 84.5 Å². The fraction of sp³-hybridized carbons (Fsp3) is 0.875. The van der Waals surface area contributed by atoms with E-state index in [1.807, 2.05) is 0 Å². The first-order valence-electron chi connectivity index (χ1n) is 7.92. The van der Waals surface area contributed by atoms with Gasteiger partial charge in [0, 0.05) is 0 Å². The number of carboxylic acids is 2. The van der Waals surface area contributed by atoms with Crippen LogP contribution in [0.15, 0.2) is 0 Å². The maximum Gasteiger partial charge on any atom is 1.00 e. The smallest absolute Gasteiger partial charge is 1.00 e. The summed E-state index contributed by atoms with van der Waals surface area (Å²) in [7, 11) is 0. The van der Waals surface area contributed by atoms with E-state index >= 15 is 0 Å². The zero-order chi connectivity index (χ0) is 15.4. The molecule has 0 saturated carbocycles. The number of aliphatic carboxylic acids is 2. The summed E-state index contributed by atoms with van der Waals surface area (Å²) in [6.07, 6.45) is 11.8. The molecule has 0 bridgehead atoms. The largest absolute Gasteiger partial charge is 1.00 e. The van der Waals surface area contributed by atoms with E-state index in [1.165, 1.54) is 51.9 Å². The van der Waals surface area contributed by atoms with E-state index in [9.17, 15) is 9.59 Å². The minimum Gasteiger partial charge on any atom is -1.00 e. The van der Waals surface area contributed by atoms with Gasteiger partial charge >= 0.3 is 82.2 Å². The molecule has 0 heterocycles. The number of unbranched alkanes of at least 4 members (excludes halogenated alkanes) is 9. The Morgan fingerprint density at radius 2 is 1.14 bits per heavy atom. The summed E-state index contributed by atoms with van der Waals surface area (Å²) in [4.78, 5) is 21.9. The van der Waals surface area contributed by atoms with E-state index < -0.39 is 17.4 Å².